The number of hydrogen-bond donors (Lipinski definition) is 1. The summed E-state index contributed by atoms with van der Waals surface area (Å²) >= 11 is 0. The van der Waals surface area contributed by atoms with Crippen molar-refractivity contribution in [3.63, 3.8) is 0 Å². The highest BCUT2D eigenvalue weighted by Crippen LogP contribution is 2.25. The zero-order valence-electron chi connectivity index (χ0n) is 19.0. The monoisotopic (exact) mass is 455 g/mol. The lowest BCUT2D eigenvalue weighted by molar-refractivity contribution is 0.0939. The van der Waals surface area contributed by atoms with Crippen LogP contribution in [0.3, 0.4) is 0 Å². The Morgan fingerprint density at radius 1 is 0.969 bits per heavy atom. The van der Waals surface area contributed by atoms with Gasteiger partial charge in [0.1, 0.15) is 0 Å². The number of hydrogen-bond acceptors (Lipinski definition) is 4. The molecule has 0 aliphatic carbocycles. The Morgan fingerprint density at radius 3 is 2.25 bits per heavy atom. The molecule has 4 rings (SSSR count). The number of carbonyl (C=O) groups excluding carboxylic acids is 1. The molecule has 0 saturated carbocycles. The maximum Gasteiger partial charge on any atom is 0.251 e. The summed E-state index contributed by atoms with van der Waals surface area (Å²) in [6.07, 6.45) is 4.32. The number of rotatable bonds is 6. The van der Waals surface area contributed by atoms with Gasteiger partial charge in [-0.05, 0) is 80.5 Å². The summed E-state index contributed by atoms with van der Waals surface area (Å²) in [4.78, 5) is 15.4. The van der Waals surface area contributed by atoms with Crippen LogP contribution >= 0.6 is 0 Å². The lowest BCUT2D eigenvalue weighted by atomic mass is 9.99. The third-order valence-electron chi connectivity index (χ3n) is 6.58. The maximum atomic E-state index is 12.7. The molecule has 1 N–H and O–H groups in total. The van der Waals surface area contributed by atoms with Crippen molar-refractivity contribution < 1.29 is 13.2 Å². The molecule has 0 aromatic heterocycles. The predicted molar refractivity (Wildman–Crippen MR) is 127 cm³/mol. The minimum Gasteiger partial charge on any atom is -0.371 e. The van der Waals surface area contributed by atoms with Gasteiger partial charge in [-0.2, -0.15) is 4.31 Å². The van der Waals surface area contributed by atoms with Crippen LogP contribution in [0.2, 0.25) is 0 Å². The van der Waals surface area contributed by atoms with Crippen molar-refractivity contribution in [2.75, 3.05) is 31.1 Å². The van der Waals surface area contributed by atoms with Crippen molar-refractivity contribution in [3.8, 4) is 0 Å². The molecular formula is C25H33N3O3S. The largest absolute Gasteiger partial charge is 0.371 e. The molecule has 172 valence electrons. The second kappa shape index (κ2) is 9.63. The molecule has 32 heavy (non-hydrogen) atoms. The first-order valence-corrected chi connectivity index (χ1v) is 13.0. The first-order valence-electron chi connectivity index (χ1n) is 11.6. The Morgan fingerprint density at radius 2 is 1.62 bits per heavy atom. The highest BCUT2D eigenvalue weighted by Gasteiger charge is 2.27. The van der Waals surface area contributed by atoms with Gasteiger partial charge in [-0.1, -0.05) is 19.1 Å². The summed E-state index contributed by atoms with van der Waals surface area (Å²) in [5.41, 5.74) is 2.73. The van der Waals surface area contributed by atoms with E-state index in [1.54, 1.807) is 12.1 Å². The summed E-state index contributed by atoms with van der Waals surface area (Å²) in [5, 5.41) is 3.02. The summed E-state index contributed by atoms with van der Waals surface area (Å²) in [6.45, 7) is 7.58. The summed E-state index contributed by atoms with van der Waals surface area (Å²) < 4.78 is 26.8. The van der Waals surface area contributed by atoms with E-state index in [9.17, 15) is 13.2 Å². The normalized spacial score (nSPS) is 20.8. The van der Waals surface area contributed by atoms with E-state index >= 15 is 0 Å². The van der Waals surface area contributed by atoms with Crippen LogP contribution in [0.25, 0.3) is 0 Å². The molecule has 2 aromatic carbocycles. The molecule has 1 amide bonds. The van der Waals surface area contributed by atoms with Gasteiger partial charge in [0.2, 0.25) is 10.0 Å². The Balaban J connectivity index is 1.38. The number of sulfonamides is 1. The Bertz CT molecular complexity index is 1030. The first kappa shape index (κ1) is 22.8. The fraction of sp³-hybridized carbons (Fsp3) is 0.480. The zero-order chi connectivity index (χ0) is 22.7. The molecule has 2 heterocycles. The molecule has 2 aromatic rings. The standard InChI is InChI=1S/C25H33N3O3S/c1-19-6-5-15-27(18-19)23-11-7-21(8-12-23)20(2)26-25(29)22-9-13-24(14-10-22)32(30,31)28-16-3-4-17-28/h7-14,19-20H,3-6,15-18H2,1-2H3,(H,26,29)/t19-,20+/m0/s1. The Labute approximate surface area is 191 Å². The topological polar surface area (TPSA) is 69.7 Å². The Hall–Kier alpha value is -2.38. The number of carbonyl (C=O) groups is 1. The molecule has 6 nitrogen and oxygen atoms in total. The zero-order valence-corrected chi connectivity index (χ0v) is 19.8. The van der Waals surface area contributed by atoms with Crippen molar-refractivity contribution in [1.29, 1.82) is 0 Å². The van der Waals surface area contributed by atoms with Gasteiger partial charge in [0.15, 0.2) is 0 Å². The molecule has 2 saturated heterocycles. The first-order chi connectivity index (χ1) is 15.3. The fourth-order valence-corrected chi connectivity index (χ4v) is 6.13. The third kappa shape index (κ3) is 4.99. The molecule has 0 radical (unpaired) electrons. The van der Waals surface area contributed by atoms with Crippen LogP contribution < -0.4 is 10.2 Å². The van der Waals surface area contributed by atoms with Crippen molar-refractivity contribution in [2.24, 2.45) is 5.92 Å². The second-order valence-corrected chi connectivity index (χ2v) is 11.1. The van der Waals surface area contributed by atoms with Gasteiger partial charge in [0, 0.05) is 37.4 Å². The maximum absolute atomic E-state index is 12.7. The molecule has 2 aliphatic heterocycles. The molecule has 2 fully saturated rings. The molecule has 0 unspecified atom stereocenters. The molecule has 2 aliphatic rings. The number of nitrogens with one attached hydrogen (secondary N) is 1. The molecule has 7 heteroatoms. The van der Waals surface area contributed by atoms with Gasteiger partial charge in [-0.25, -0.2) is 8.42 Å². The van der Waals surface area contributed by atoms with Crippen LogP contribution in [-0.2, 0) is 10.0 Å². The van der Waals surface area contributed by atoms with Crippen LogP contribution in [0.1, 0.15) is 61.5 Å². The highest BCUT2D eigenvalue weighted by atomic mass is 32.2. The minimum atomic E-state index is -3.47. The van der Waals surface area contributed by atoms with Crippen molar-refractivity contribution in [3.05, 3.63) is 59.7 Å². The van der Waals surface area contributed by atoms with E-state index in [1.165, 1.54) is 35.0 Å². The smallest absolute Gasteiger partial charge is 0.251 e. The quantitative estimate of drug-likeness (QED) is 0.709. The van der Waals surface area contributed by atoms with E-state index in [0.717, 1.165) is 37.4 Å². The van der Waals surface area contributed by atoms with E-state index in [2.05, 4.69) is 41.4 Å². The van der Waals surface area contributed by atoms with Gasteiger partial charge >= 0.3 is 0 Å². The number of piperidine rings is 1. The average molecular weight is 456 g/mol. The van der Waals surface area contributed by atoms with Gasteiger partial charge in [0.25, 0.3) is 5.91 Å². The summed E-state index contributed by atoms with van der Waals surface area (Å²) in [7, 11) is -3.47. The third-order valence-corrected chi connectivity index (χ3v) is 8.50. The number of amides is 1. The Kier molecular flexibility index (Phi) is 6.86. The molecule has 2 atom stereocenters. The van der Waals surface area contributed by atoms with Gasteiger partial charge < -0.3 is 10.2 Å². The minimum absolute atomic E-state index is 0.148. The lowest BCUT2D eigenvalue weighted by Gasteiger charge is -2.33. The van der Waals surface area contributed by atoms with Gasteiger partial charge in [-0.15, -0.1) is 0 Å². The van der Waals surface area contributed by atoms with E-state index < -0.39 is 10.0 Å². The predicted octanol–water partition coefficient (Wildman–Crippen LogP) is 4.20. The van der Waals surface area contributed by atoms with Crippen molar-refractivity contribution in [2.45, 2.75) is 50.5 Å². The number of nitrogens with zero attached hydrogens (tertiary/aromatic N) is 2. The SMILES string of the molecule is C[C@H]1CCCN(c2ccc([C@@H](C)NC(=O)c3ccc(S(=O)(=O)N4CCCC4)cc3)cc2)C1. The van der Waals surface area contributed by atoms with Crippen LogP contribution in [0.5, 0.6) is 0 Å². The van der Waals surface area contributed by atoms with Crippen LogP contribution in [-0.4, -0.2) is 44.8 Å². The van der Waals surface area contributed by atoms with Gasteiger partial charge in [-0.3, -0.25) is 4.79 Å². The van der Waals surface area contributed by atoms with Crippen molar-refractivity contribution >= 4 is 21.6 Å². The van der Waals surface area contributed by atoms with Crippen LogP contribution in [0, 0.1) is 5.92 Å². The van der Waals surface area contributed by atoms with E-state index in [1.807, 2.05) is 6.92 Å². The van der Waals surface area contributed by atoms with Crippen molar-refractivity contribution in [1.82, 2.24) is 9.62 Å². The van der Waals surface area contributed by atoms with Crippen LogP contribution in [0.15, 0.2) is 53.4 Å². The average Bonchev–Trinajstić information content (AvgIpc) is 3.35. The van der Waals surface area contributed by atoms with E-state index in [4.69, 9.17) is 0 Å². The van der Waals surface area contributed by atoms with E-state index in [0.29, 0.717) is 18.7 Å². The number of benzene rings is 2. The van der Waals surface area contributed by atoms with Crippen LogP contribution in [0.4, 0.5) is 5.69 Å². The molecule has 0 spiro atoms. The van der Waals surface area contributed by atoms with E-state index in [-0.39, 0.29) is 16.8 Å². The second-order valence-electron chi connectivity index (χ2n) is 9.12. The highest BCUT2D eigenvalue weighted by molar-refractivity contribution is 7.89. The molecular weight excluding hydrogens is 422 g/mol. The number of anilines is 1. The summed E-state index contributed by atoms with van der Waals surface area (Å²) in [5.74, 6) is 0.509. The molecule has 0 bridgehead atoms. The van der Waals surface area contributed by atoms with Gasteiger partial charge in [0.05, 0.1) is 10.9 Å². The lowest BCUT2D eigenvalue weighted by Crippen LogP contribution is -2.34. The summed E-state index contributed by atoms with van der Waals surface area (Å²) in [6, 6.07) is 14.5. The fourth-order valence-electron chi connectivity index (χ4n) is 4.62.